The van der Waals surface area contributed by atoms with Gasteiger partial charge in [-0.25, -0.2) is 15.0 Å². The minimum atomic E-state index is -0.612. The molecular weight excluding hydrogens is 669 g/mol. The summed E-state index contributed by atoms with van der Waals surface area (Å²) in [6, 6.07) is 56.3. The lowest BCUT2D eigenvalue weighted by atomic mass is 9.48. The molecule has 1 heterocycles. The van der Waals surface area contributed by atoms with Gasteiger partial charge in [0.15, 0.2) is 17.5 Å². The van der Waals surface area contributed by atoms with Crippen LogP contribution in [0.3, 0.4) is 0 Å². The van der Waals surface area contributed by atoms with Crippen molar-refractivity contribution in [1.82, 2.24) is 15.0 Å². The molecule has 6 aromatic carbocycles. The van der Waals surface area contributed by atoms with Crippen molar-refractivity contribution >= 4 is 0 Å². The first kappa shape index (κ1) is 32.3. The molecule has 0 aliphatic heterocycles. The first-order chi connectivity index (χ1) is 27.1. The summed E-state index contributed by atoms with van der Waals surface area (Å²) in [5.74, 6) is 4.51. The Labute approximate surface area is 322 Å². The van der Waals surface area contributed by atoms with Crippen molar-refractivity contribution in [3.05, 3.63) is 185 Å². The molecule has 4 bridgehead atoms. The van der Waals surface area contributed by atoms with Crippen LogP contribution in [0.15, 0.2) is 152 Å². The molecule has 4 fully saturated rings. The summed E-state index contributed by atoms with van der Waals surface area (Å²) in [4.78, 5) is 15.2. The molecule has 1 aromatic heterocycles. The maximum Gasteiger partial charge on any atom is 0.164 e. The number of benzene rings is 6. The molecule has 12 rings (SSSR count). The smallest absolute Gasteiger partial charge is 0.164 e. The molecule has 0 spiro atoms. The van der Waals surface area contributed by atoms with Crippen molar-refractivity contribution in [2.24, 2.45) is 17.8 Å². The third-order valence-electron chi connectivity index (χ3n) is 13.4. The van der Waals surface area contributed by atoms with Gasteiger partial charge in [0.2, 0.25) is 0 Å². The second kappa shape index (κ2) is 12.4. The fourth-order valence-corrected chi connectivity index (χ4v) is 11.5. The van der Waals surface area contributed by atoms with Crippen molar-refractivity contribution in [3.8, 4) is 51.4 Å². The highest BCUT2D eigenvalue weighted by atomic mass is 15.0. The summed E-state index contributed by atoms with van der Waals surface area (Å²) < 4.78 is 0. The molecule has 4 heteroatoms. The Morgan fingerprint density at radius 1 is 0.455 bits per heavy atom. The fourth-order valence-electron chi connectivity index (χ4n) is 11.5. The van der Waals surface area contributed by atoms with Gasteiger partial charge in [0.25, 0.3) is 0 Å². The van der Waals surface area contributed by atoms with Crippen molar-refractivity contribution in [1.29, 1.82) is 5.26 Å². The highest BCUT2D eigenvalue weighted by Gasteiger charge is 2.53. The predicted molar refractivity (Wildman–Crippen MR) is 218 cm³/mol. The van der Waals surface area contributed by atoms with E-state index in [0.29, 0.717) is 23.0 Å². The molecule has 5 aliphatic carbocycles. The summed E-state index contributed by atoms with van der Waals surface area (Å²) in [6.07, 6.45) is 8.19. The van der Waals surface area contributed by atoms with Crippen LogP contribution in [0.1, 0.15) is 71.9 Å². The largest absolute Gasteiger partial charge is 0.208 e. The molecular formula is C51H40N4. The number of rotatable bonds is 6. The molecule has 1 unspecified atom stereocenters. The average Bonchev–Trinajstić information content (AvgIpc) is 3.54. The average molecular weight is 709 g/mol. The van der Waals surface area contributed by atoms with Crippen LogP contribution in [0.5, 0.6) is 0 Å². The van der Waals surface area contributed by atoms with E-state index < -0.39 is 5.41 Å². The molecule has 7 aromatic rings. The van der Waals surface area contributed by atoms with Gasteiger partial charge in [0.1, 0.15) is 0 Å². The van der Waals surface area contributed by atoms with Gasteiger partial charge in [-0.15, -0.1) is 0 Å². The molecule has 0 saturated heterocycles. The second-order valence-corrected chi connectivity index (χ2v) is 16.6. The summed E-state index contributed by atoms with van der Waals surface area (Å²) in [5.41, 5.74) is 11.9. The van der Waals surface area contributed by atoms with Crippen LogP contribution in [0.2, 0.25) is 0 Å². The number of aromatic nitrogens is 3. The lowest BCUT2D eigenvalue weighted by Crippen LogP contribution is -2.48. The predicted octanol–water partition coefficient (Wildman–Crippen LogP) is 11.6. The number of fused-ring (bicyclic) bond motifs is 3. The molecule has 4 nitrogen and oxygen atoms in total. The summed E-state index contributed by atoms with van der Waals surface area (Å²) in [5, 5.41) is 10.2. The van der Waals surface area contributed by atoms with Crippen LogP contribution in [-0.4, -0.2) is 15.0 Å². The van der Waals surface area contributed by atoms with E-state index in [9.17, 15) is 5.26 Å². The van der Waals surface area contributed by atoms with Gasteiger partial charge in [0, 0.05) is 16.7 Å². The number of nitrogens with zero attached hydrogens (tertiary/aromatic N) is 4. The Balaban J connectivity index is 1.16. The zero-order valence-electron chi connectivity index (χ0n) is 30.7. The number of nitriles is 1. The van der Waals surface area contributed by atoms with Gasteiger partial charge in [-0.2, -0.15) is 5.26 Å². The minimum absolute atomic E-state index is 0.243. The van der Waals surface area contributed by atoms with E-state index in [4.69, 9.17) is 15.0 Å². The van der Waals surface area contributed by atoms with Crippen molar-refractivity contribution < 1.29 is 0 Å². The van der Waals surface area contributed by atoms with Crippen LogP contribution in [0.4, 0.5) is 0 Å². The third-order valence-corrected chi connectivity index (χ3v) is 13.4. The Bertz CT molecular complexity index is 2550. The number of hydrogen-bond donors (Lipinski definition) is 0. The van der Waals surface area contributed by atoms with Crippen LogP contribution >= 0.6 is 0 Å². The lowest BCUT2D eigenvalue weighted by Gasteiger charge is -2.57. The topological polar surface area (TPSA) is 62.5 Å². The van der Waals surface area contributed by atoms with E-state index in [1.807, 2.05) is 42.5 Å². The second-order valence-electron chi connectivity index (χ2n) is 16.6. The molecule has 55 heavy (non-hydrogen) atoms. The number of hydrogen-bond acceptors (Lipinski definition) is 4. The van der Waals surface area contributed by atoms with Gasteiger partial charge < -0.3 is 0 Å². The summed E-state index contributed by atoms with van der Waals surface area (Å²) in [6.45, 7) is 0. The maximum atomic E-state index is 10.2. The molecule has 1 atom stereocenters. The van der Waals surface area contributed by atoms with E-state index in [-0.39, 0.29) is 5.41 Å². The van der Waals surface area contributed by atoms with Gasteiger partial charge in [-0.05, 0) is 119 Å². The van der Waals surface area contributed by atoms with Crippen LogP contribution in [0, 0.1) is 29.1 Å². The first-order valence-corrected chi connectivity index (χ1v) is 19.8. The Kier molecular flexibility index (Phi) is 7.29. The SMILES string of the molecule is N#Cc1cccc(C2(c3ccccc3)c3ccc(-c4nc(-c5ccccc5)nc(-c5ccccc5)n4)cc3-c3ccc(C45C[C@H]6C[C@H](C4)C[C@@H](C5)C6)cc32)c1. The van der Waals surface area contributed by atoms with Crippen molar-refractivity contribution in [2.45, 2.75) is 49.4 Å². The standard InChI is InChI=1S/C51H40N4/c52-32-33-11-10-18-42(26-33)51(40-16-8-3-9-17-40)45-22-19-39(49-54-47(37-12-4-1-5-13-37)53-48(55-49)38-14-6-2-7-15-38)27-44(45)43-21-20-41(28-46(43)51)50-29-34-23-35(30-50)25-36(24-34)31-50/h1-22,26-28,34-36H,23-25,29-31H2/t34-,35-,36-,50?,51?. The van der Waals surface area contributed by atoms with Gasteiger partial charge in [-0.1, -0.05) is 133 Å². The normalized spacial score (nSPS) is 24.2. The van der Waals surface area contributed by atoms with E-state index in [2.05, 4.69) is 115 Å². The Hall–Kier alpha value is -6.18. The highest BCUT2D eigenvalue weighted by molar-refractivity contribution is 5.89. The molecule has 5 aliphatic rings. The first-order valence-electron chi connectivity index (χ1n) is 19.8. The quantitative estimate of drug-likeness (QED) is 0.172. The third kappa shape index (κ3) is 5.06. The fraction of sp³-hybridized carbons (Fsp3) is 0.216. The van der Waals surface area contributed by atoms with Crippen LogP contribution < -0.4 is 0 Å². The van der Waals surface area contributed by atoms with E-state index in [1.54, 1.807) is 0 Å². The van der Waals surface area contributed by atoms with E-state index in [1.165, 1.54) is 71.9 Å². The van der Waals surface area contributed by atoms with Crippen LogP contribution in [0.25, 0.3) is 45.3 Å². The van der Waals surface area contributed by atoms with Crippen molar-refractivity contribution in [2.75, 3.05) is 0 Å². The van der Waals surface area contributed by atoms with Gasteiger partial charge in [0.05, 0.1) is 17.0 Å². The highest BCUT2D eigenvalue weighted by Crippen LogP contribution is 2.63. The molecule has 0 N–H and O–H groups in total. The van der Waals surface area contributed by atoms with Crippen molar-refractivity contribution in [3.63, 3.8) is 0 Å². The Morgan fingerprint density at radius 3 is 1.62 bits per heavy atom. The molecule has 4 saturated carbocycles. The van der Waals surface area contributed by atoms with E-state index >= 15 is 0 Å². The maximum absolute atomic E-state index is 10.2. The van der Waals surface area contributed by atoms with Crippen LogP contribution in [-0.2, 0) is 10.8 Å². The Morgan fingerprint density at radius 2 is 1.02 bits per heavy atom. The minimum Gasteiger partial charge on any atom is -0.208 e. The zero-order chi connectivity index (χ0) is 36.6. The molecule has 0 amide bonds. The monoisotopic (exact) mass is 708 g/mol. The molecule has 0 radical (unpaired) electrons. The lowest BCUT2D eigenvalue weighted by molar-refractivity contribution is -0.00522. The van der Waals surface area contributed by atoms with Gasteiger partial charge >= 0.3 is 0 Å². The summed E-state index contributed by atoms with van der Waals surface area (Å²) >= 11 is 0. The van der Waals surface area contributed by atoms with Gasteiger partial charge in [-0.3, -0.25) is 0 Å². The molecule has 264 valence electrons. The van der Waals surface area contributed by atoms with E-state index in [0.717, 1.165) is 40.0 Å². The summed E-state index contributed by atoms with van der Waals surface area (Å²) in [7, 11) is 0. The zero-order valence-corrected chi connectivity index (χ0v) is 30.7.